The van der Waals surface area contributed by atoms with Gasteiger partial charge in [0.2, 0.25) is 0 Å². The van der Waals surface area contributed by atoms with E-state index >= 15 is 0 Å². The molecule has 1 rings (SSSR count). The Kier molecular flexibility index (Phi) is 3.58. The van der Waals surface area contributed by atoms with Crippen LogP contribution in [0.1, 0.15) is 26.2 Å². The first kappa shape index (κ1) is 9.04. The van der Waals surface area contributed by atoms with Gasteiger partial charge in [0.1, 0.15) is 0 Å². The first-order valence-electron chi connectivity index (χ1n) is 4.37. The zero-order chi connectivity index (χ0) is 8.81. The van der Waals surface area contributed by atoms with Crippen molar-refractivity contribution >= 4 is 5.78 Å². The van der Waals surface area contributed by atoms with Crippen LogP contribution in [0, 0.1) is 0 Å². The summed E-state index contributed by atoms with van der Waals surface area (Å²) in [7, 11) is 0. The highest BCUT2D eigenvalue weighted by atomic mass is 16.5. The van der Waals surface area contributed by atoms with Crippen LogP contribution >= 0.6 is 0 Å². The van der Waals surface area contributed by atoms with Gasteiger partial charge in [0.25, 0.3) is 0 Å². The van der Waals surface area contributed by atoms with E-state index in [0.717, 1.165) is 12.8 Å². The van der Waals surface area contributed by atoms with Crippen LogP contribution in [0.2, 0.25) is 0 Å². The smallest absolute Gasteiger partial charge is 0.197 e. The Bertz CT molecular complexity index is 214. The van der Waals surface area contributed by atoms with E-state index in [1.807, 2.05) is 19.1 Å². The molecule has 66 valence electrons. The zero-order valence-electron chi connectivity index (χ0n) is 7.38. The van der Waals surface area contributed by atoms with Crippen LogP contribution in [0.4, 0.5) is 0 Å². The lowest BCUT2D eigenvalue weighted by Crippen LogP contribution is -2.05. The zero-order valence-corrected chi connectivity index (χ0v) is 7.38. The Morgan fingerprint density at radius 3 is 3.17 bits per heavy atom. The van der Waals surface area contributed by atoms with Crippen LogP contribution < -0.4 is 0 Å². The number of Topliss-reactive ketones (excluding diaryl/α,β-unsaturated/α-hetero) is 1. The lowest BCUT2D eigenvalue weighted by atomic mass is 10.2. The highest BCUT2D eigenvalue weighted by molar-refractivity contribution is 5.94. The highest BCUT2D eigenvalue weighted by Crippen LogP contribution is 2.10. The van der Waals surface area contributed by atoms with E-state index in [0.29, 0.717) is 18.8 Å². The minimum absolute atomic E-state index is 0.119. The largest absolute Gasteiger partial charge is 0.490 e. The second kappa shape index (κ2) is 4.75. The van der Waals surface area contributed by atoms with Gasteiger partial charge in [-0.3, -0.25) is 4.79 Å². The van der Waals surface area contributed by atoms with Gasteiger partial charge in [-0.25, -0.2) is 0 Å². The van der Waals surface area contributed by atoms with E-state index in [9.17, 15) is 4.79 Å². The molecular weight excluding hydrogens is 152 g/mol. The first-order chi connectivity index (χ1) is 5.84. The molecule has 1 aliphatic rings. The van der Waals surface area contributed by atoms with Gasteiger partial charge < -0.3 is 4.74 Å². The number of carbonyl (C=O) groups excluding carboxylic acids is 1. The van der Waals surface area contributed by atoms with Gasteiger partial charge in [-0.1, -0.05) is 19.1 Å². The van der Waals surface area contributed by atoms with Gasteiger partial charge in [-0.15, -0.1) is 0 Å². The van der Waals surface area contributed by atoms with Gasteiger partial charge in [-0.05, 0) is 18.9 Å². The number of hydrogen-bond acceptors (Lipinski definition) is 2. The topological polar surface area (TPSA) is 26.3 Å². The summed E-state index contributed by atoms with van der Waals surface area (Å²) in [5.41, 5.74) is 0. The van der Waals surface area contributed by atoms with Crippen LogP contribution in [0.3, 0.4) is 0 Å². The molecule has 0 atom stereocenters. The summed E-state index contributed by atoms with van der Waals surface area (Å²) in [5, 5.41) is 0. The van der Waals surface area contributed by atoms with E-state index in [1.54, 1.807) is 6.08 Å². The molecule has 2 heteroatoms. The molecule has 0 aromatic heterocycles. The molecule has 2 nitrogen and oxygen atoms in total. The Morgan fingerprint density at radius 1 is 1.58 bits per heavy atom. The van der Waals surface area contributed by atoms with Gasteiger partial charge in [0.15, 0.2) is 11.5 Å². The summed E-state index contributed by atoms with van der Waals surface area (Å²) in [5.74, 6) is 0.638. The van der Waals surface area contributed by atoms with Crippen LogP contribution in [0.15, 0.2) is 24.0 Å². The molecule has 0 amide bonds. The summed E-state index contributed by atoms with van der Waals surface area (Å²) in [6.07, 6.45) is 7.97. The monoisotopic (exact) mass is 166 g/mol. The van der Waals surface area contributed by atoms with Crippen molar-refractivity contribution < 1.29 is 9.53 Å². The fourth-order valence-electron chi connectivity index (χ4n) is 1.02. The molecule has 0 saturated heterocycles. The third-order valence-corrected chi connectivity index (χ3v) is 1.66. The van der Waals surface area contributed by atoms with E-state index in [2.05, 4.69) is 0 Å². The predicted octanol–water partition coefficient (Wildman–Crippen LogP) is 2.22. The maximum Gasteiger partial charge on any atom is 0.197 e. The molecule has 0 fully saturated rings. The summed E-state index contributed by atoms with van der Waals surface area (Å²) in [6, 6.07) is 0. The standard InChI is InChI=1S/C10H14O2/c1-2-8-12-10-7-5-3-4-6-9(10)11/h3,5,7H,2,4,6,8H2,1H3. The average molecular weight is 166 g/mol. The summed E-state index contributed by atoms with van der Waals surface area (Å²) < 4.78 is 5.28. The fourth-order valence-corrected chi connectivity index (χ4v) is 1.02. The minimum atomic E-state index is 0.119. The van der Waals surface area contributed by atoms with Crippen LogP contribution in [-0.2, 0) is 9.53 Å². The Balaban J connectivity index is 2.52. The van der Waals surface area contributed by atoms with Crippen molar-refractivity contribution in [1.82, 2.24) is 0 Å². The van der Waals surface area contributed by atoms with Crippen molar-refractivity contribution in [2.45, 2.75) is 26.2 Å². The van der Waals surface area contributed by atoms with Crippen molar-refractivity contribution in [2.24, 2.45) is 0 Å². The molecule has 0 aromatic rings. The number of allylic oxidation sites excluding steroid dienone is 4. The minimum Gasteiger partial charge on any atom is -0.490 e. The van der Waals surface area contributed by atoms with Crippen LogP contribution in [0.25, 0.3) is 0 Å². The quantitative estimate of drug-likeness (QED) is 0.642. The number of ether oxygens (including phenoxy) is 1. The summed E-state index contributed by atoms with van der Waals surface area (Å²) >= 11 is 0. The van der Waals surface area contributed by atoms with Gasteiger partial charge in [0.05, 0.1) is 6.61 Å². The second-order valence-electron chi connectivity index (χ2n) is 2.77. The van der Waals surface area contributed by atoms with E-state index in [4.69, 9.17) is 4.74 Å². The van der Waals surface area contributed by atoms with Crippen molar-refractivity contribution in [3.63, 3.8) is 0 Å². The fraction of sp³-hybridized carbons (Fsp3) is 0.500. The first-order valence-corrected chi connectivity index (χ1v) is 4.37. The second-order valence-corrected chi connectivity index (χ2v) is 2.77. The lowest BCUT2D eigenvalue weighted by Gasteiger charge is -2.05. The van der Waals surface area contributed by atoms with Crippen molar-refractivity contribution in [1.29, 1.82) is 0 Å². The summed E-state index contributed by atoms with van der Waals surface area (Å²) in [6.45, 7) is 2.66. The molecule has 0 bridgehead atoms. The Labute approximate surface area is 72.9 Å². The van der Waals surface area contributed by atoms with Gasteiger partial charge in [-0.2, -0.15) is 0 Å². The lowest BCUT2D eigenvalue weighted by molar-refractivity contribution is -0.118. The predicted molar refractivity (Wildman–Crippen MR) is 47.7 cm³/mol. The Morgan fingerprint density at radius 2 is 2.42 bits per heavy atom. The molecule has 0 unspecified atom stereocenters. The molecule has 1 aliphatic carbocycles. The molecule has 0 radical (unpaired) electrons. The average Bonchev–Trinajstić information content (AvgIpc) is 2.27. The molecule has 0 aromatic carbocycles. The third-order valence-electron chi connectivity index (χ3n) is 1.66. The van der Waals surface area contributed by atoms with Crippen LogP contribution in [-0.4, -0.2) is 12.4 Å². The van der Waals surface area contributed by atoms with E-state index in [1.165, 1.54) is 0 Å². The molecule has 0 spiro atoms. The number of hydrogen-bond donors (Lipinski definition) is 0. The number of carbonyl (C=O) groups is 1. The molecular formula is C10H14O2. The van der Waals surface area contributed by atoms with Gasteiger partial charge in [0, 0.05) is 6.42 Å². The van der Waals surface area contributed by atoms with Crippen molar-refractivity contribution in [2.75, 3.05) is 6.61 Å². The van der Waals surface area contributed by atoms with E-state index in [-0.39, 0.29) is 5.78 Å². The maximum absolute atomic E-state index is 11.3. The molecule has 0 saturated carbocycles. The van der Waals surface area contributed by atoms with E-state index < -0.39 is 0 Å². The van der Waals surface area contributed by atoms with Crippen molar-refractivity contribution in [3.8, 4) is 0 Å². The molecule has 0 heterocycles. The SMILES string of the molecule is CCCOC1=CC=CCCC1=O. The van der Waals surface area contributed by atoms with Gasteiger partial charge >= 0.3 is 0 Å². The number of ketones is 1. The summed E-state index contributed by atoms with van der Waals surface area (Å²) in [4.78, 5) is 11.3. The third kappa shape index (κ3) is 2.53. The van der Waals surface area contributed by atoms with Crippen LogP contribution in [0.5, 0.6) is 0 Å². The highest BCUT2D eigenvalue weighted by Gasteiger charge is 2.10. The number of rotatable bonds is 3. The maximum atomic E-state index is 11.3. The molecule has 12 heavy (non-hydrogen) atoms. The Hall–Kier alpha value is -1.05. The molecule has 0 N–H and O–H groups in total. The van der Waals surface area contributed by atoms with Crippen molar-refractivity contribution in [3.05, 3.63) is 24.0 Å². The normalized spacial score (nSPS) is 17.1. The molecule has 0 aliphatic heterocycles.